The second kappa shape index (κ2) is 5.31. The van der Waals surface area contributed by atoms with Crippen LogP contribution >= 0.6 is 0 Å². The number of carbonyl (C=O) groups excluding carboxylic acids is 1. The Labute approximate surface area is 102 Å². The van der Waals surface area contributed by atoms with E-state index in [2.05, 4.69) is 22.2 Å². The fourth-order valence-electron chi connectivity index (χ4n) is 2.25. The molecule has 2 N–H and O–H groups in total. The molecule has 0 aliphatic carbocycles. The molecule has 5 heteroatoms. The first-order valence-corrected chi connectivity index (χ1v) is 6.13. The molecule has 2 unspecified atom stereocenters. The zero-order valence-corrected chi connectivity index (χ0v) is 10.4. The number of likely N-dealkylation sites (N-methyl/N-ethyl adjacent to an activating group) is 1. The molecule has 1 amide bonds. The molecule has 0 bridgehead atoms. The summed E-state index contributed by atoms with van der Waals surface area (Å²) >= 11 is 0. The summed E-state index contributed by atoms with van der Waals surface area (Å²) in [7, 11) is 1.83. The number of amides is 1. The van der Waals surface area contributed by atoms with Crippen LogP contribution in [0.25, 0.3) is 0 Å². The van der Waals surface area contributed by atoms with Gasteiger partial charge in [0, 0.05) is 19.4 Å². The highest BCUT2D eigenvalue weighted by atomic mass is 16.2. The lowest BCUT2D eigenvalue weighted by Crippen LogP contribution is -2.48. The molecule has 2 atom stereocenters. The van der Waals surface area contributed by atoms with Gasteiger partial charge in [-0.2, -0.15) is 0 Å². The van der Waals surface area contributed by atoms with Crippen molar-refractivity contribution in [3.8, 4) is 0 Å². The predicted octanol–water partition coefficient (Wildman–Crippen LogP) is 0.756. The highest BCUT2D eigenvalue weighted by Gasteiger charge is 2.26. The van der Waals surface area contributed by atoms with E-state index in [-0.39, 0.29) is 11.9 Å². The Morgan fingerprint density at radius 2 is 2.47 bits per heavy atom. The third-order valence-corrected chi connectivity index (χ3v) is 3.28. The monoisotopic (exact) mass is 236 g/mol. The van der Waals surface area contributed by atoms with Crippen LogP contribution in [0.15, 0.2) is 12.4 Å². The Bertz CT molecular complexity index is 363. The maximum Gasteiger partial charge on any atom is 0.239 e. The lowest BCUT2D eigenvalue weighted by atomic mass is 9.93. The second-order valence-corrected chi connectivity index (χ2v) is 4.87. The Hall–Kier alpha value is -1.36. The molecule has 0 spiro atoms. The van der Waals surface area contributed by atoms with Crippen molar-refractivity contribution in [2.45, 2.75) is 32.4 Å². The fourth-order valence-corrected chi connectivity index (χ4v) is 2.25. The fraction of sp³-hybridized carbons (Fsp3) is 0.667. The van der Waals surface area contributed by atoms with Gasteiger partial charge in [-0.15, -0.1) is 0 Å². The molecular weight excluding hydrogens is 216 g/mol. The minimum absolute atomic E-state index is 0.0290. The molecule has 1 aliphatic rings. The Balaban J connectivity index is 1.90. The second-order valence-electron chi connectivity index (χ2n) is 4.87. The van der Waals surface area contributed by atoms with Crippen LogP contribution in [-0.2, 0) is 11.3 Å². The summed E-state index contributed by atoms with van der Waals surface area (Å²) in [5.41, 5.74) is 0. The van der Waals surface area contributed by atoms with E-state index in [9.17, 15) is 4.79 Å². The maximum absolute atomic E-state index is 12.2. The highest BCUT2D eigenvalue weighted by Crippen LogP contribution is 2.16. The predicted molar refractivity (Wildman–Crippen MR) is 65.3 cm³/mol. The topological polar surface area (TPSA) is 61.0 Å². The normalized spacial score (nSPS) is 24.6. The molecule has 2 rings (SSSR count). The average molecular weight is 236 g/mol. The van der Waals surface area contributed by atoms with Crippen LogP contribution in [0.3, 0.4) is 0 Å². The van der Waals surface area contributed by atoms with Crippen LogP contribution in [0.5, 0.6) is 0 Å². The van der Waals surface area contributed by atoms with Gasteiger partial charge in [0.1, 0.15) is 5.82 Å². The van der Waals surface area contributed by atoms with Crippen LogP contribution in [0, 0.1) is 5.92 Å². The molecular formula is C12H20N4O. The van der Waals surface area contributed by atoms with Crippen LogP contribution in [-0.4, -0.2) is 40.4 Å². The van der Waals surface area contributed by atoms with Crippen molar-refractivity contribution < 1.29 is 4.79 Å². The van der Waals surface area contributed by atoms with Crippen molar-refractivity contribution >= 4 is 5.91 Å². The standard InChI is InChI=1S/C12H20N4O/c1-9-3-4-13-10(7-9)12(17)16(2)8-11-14-5-6-15-11/h5-6,9-10,13H,3-4,7-8H2,1-2H3,(H,14,15). The molecule has 0 saturated carbocycles. The summed E-state index contributed by atoms with van der Waals surface area (Å²) in [6.07, 6.45) is 5.57. The Morgan fingerprint density at radius 3 is 3.12 bits per heavy atom. The van der Waals surface area contributed by atoms with Gasteiger partial charge in [-0.3, -0.25) is 4.79 Å². The number of hydrogen-bond acceptors (Lipinski definition) is 3. The average Bonchev–Trinajstić information content (AvgIpc) is 2.80. The van der Waals surface area contributed by atoms with E-state index in [0.29, 0.717) is 12.5 Å². The molecule has 1 saturated heterocycles. The number of H-pyrrole nitrogens is 1. The molecule has 17 heavy (non-hydrogen) atoms. The summed E-state index contributed by atoms with van der Waals surface area (Å²) in [6, 6.07) is -0.0290. The quantitative estimate of drug-likeness (QED) is 0.814. The van der Waals surface area contributed by atoms with Crippen LogP contribution in [0.1, 0.15) is 25.6 Å². The molecule has 94 valence electrons. The maximum atomic E-state index is 12.2. The summed E-state index contributed by atoms with van der Waals surface area (Å²) in [4.78, 5) is 21.1. The number of nitrogens with one attached hydrogen (secondary N) is 2. The van der Waals surface area contributed by atoms with E-state index in [4.69, 9.17) is 0 Å². The molecule has 0 radical (unpaired) electrons. The van der Waals surface area contributed by atoms with Gasteiger partial charge in [-0.1, -0.05) is 6.92 Å². The molecule has 1 aliphatic heterocycles. The van der Waals surface area contributed by atoms with E-state index >= 15 is 0 Å². The number of rotatable bonds is 3. The van der Waals surface area contributed by atoms with Crippen LogP contribution < -0.4 is 5.32 Å². The third kappa shape index (κ3) is 3.06. The van der Waals surface area contributed by atoms with Crippen molar-refractivity contribution in [3.63, 3.8) is 0 Å². The smallest absolute Gasteiger partial charge is 0.239 e. The summed E-state index contributed by atoms with van der Waals surface area (Å²) in [5, 5.41) is 3.29. The van der Waals surface area contributed by atoms with E-state index in [1.54, 1.807) is 17.3 Å². The van der Waals surface area contributed by atoms with Gasteiger partial charge in [0.05, 0.1) is 12.6 Å². The number of aromatic amines is 1. The van der Waals surface area contributed by atoms with E-state index < -0.39 is 0 Å². The first-order chi connectivity index (χ1) is 8.16. The van der Waals surface area contributed by atoms with Crippen molar-refractivity contribution in [1.82, 2.24) is 20.2 Å². The SMILES string of the molecule is CC1CCNC(C(=O)N(C)Cc2ncc[nH]2)C1. The summed E-state index contributed by atoms with van der Waals surface area (Å²) < 4.78 is 0. The summed E-state index contributed by atoms with van der Waals surface area (Å²) in [6.45, 7) is 3.68. The van der Waals surface area contributed by atoms with Crippen molar-refractivity contribution in [2.24, 2.45) is 5.92 Å². The van der Waals surface area contributed by atoms with Crippen molar-refractivity contribution in [2.75, 3.05) is 13.6 Å². The van der Waals surface area contributed by atoms with Crippen molar-refractivity contribution in [3.05, 3.63) is 18.2 Å². The van der Waals surface area contributed by atoms with Gasteiger partial charge in [0.2, 0.25) is 5.91 Å². The lowest BCUT2D eigenvalue weighted by Gasteiger charge is -2.30. The number of carbonyl (C=O) groups is 1. The largest absolute Gasteiger partial charge is 0.347 e. The lowest BCUT2D eigenvalue weighted by molar-refractivity contribution is -0.133. The van der Waals surface area contributed by atoms with Gasteiger partial charge in [0.15, 0.2) is 0 Å². The van der Waals surface area contributed by atoms with Gasteiger partial charge < -0.3 is 15.2 Å². The first-order valence-electron chi connectivity index (χ1n) is 6.13. The van der Waals surface area contributed by atoms with Crippen LogP contribution in [0.2, 0.25) is 0 Å². The van der Waals surface area contributed by atoms with Crippen LogP contribution in [0.4, 0.5) is 0 Å². The molecule has 5 nitrogen and oxygen atoms in total. The third-order valence-electron chi connectivity index (χ3n) is 3.28. The van der Waals surface area contributed by atoms with E-state index in [0.717, 1.165) is 25.2 Å². The first kappa shape index (κ1) is 12.1. The number of piperidine rings is 1. The number of aromatic nitrogens is 2. The summed E-state index contributed by atoms with van der Waals surface area (Å²) in [5.74, 6) is 1.61. The molecule has 1 aromatic rings. The van der Waals surface area contributed by atoms with Gasteiger partial charge in [-0.25, -0.2) is 4.98 Å². The van der Waals surface area contributed by atoms with E-state index in [1.807, 2.05) is 7.05 Å². The molecule has 1 fully saturated rings. The van der Waals surface area contributed by atoms with E-state index in [1.165, 1.54) is 0 Å². The molecule has 1 aromatic heterocycles. The highest BCUT2D eigenvalue weighted by molar-refractivity contribution is 5.81. The van der Waals surface area contributed by atoms with Gasteiger partial charge >= 0.3 is 0 Å². The number of hydrogen-bond donors (Lipinski definition) is 2. The number of imidazole rings is 1. The Morgan fingerprint density at radius 1 is 1.65 bits per heavy atom. The minimum atomic E-state index is -0.0290. The molecule has 2 heterocycles. The minimum Gasteiger partial charge on any atom is -0.347 e. The zero-order chi connectivity index (χ0) is 12.3. The number of nitrogens with zero attached hydrogens (tertiary/aromatic N) is 2. The van der Waals surface area contributed by atoms with Crippen molar-refractivity contribution in [1.29, 1.82) is 0 Å². The van der Waals surface area contributed by atoms with Gasteiger partial charge in [-0.05, 0) is 25.3 Å². The molecule has 0 aromatic carbocycles. The Kier molecular flexibility index (Phi) is 3.78. The van der Waals surface area contributed by atoms with Gasteiger partial charge in [0.25, 0.3) is 0 Å². The zero-order valence-electron chi connectivity index (χ0n) is 10.4.